The average molecular weight is 245 g/mol. The van der Waals surface area contributed by atoms with E-state index < -0.39 is 0 Å². The summed E-state index contributed by atoms with van der Waals surface area (Å²) in [6.45, 7) is 3.45. The van der Waals surface area contributed by atoms with Crippen LogP contribution in [0.25, 0.3) is 10.9 Å². The fourth-order valence-corrected chi connectivity index (χ4v) is 1.96. The SMILES string of the molecule is CCc1cc(COCCCO)c2ccccc2n1. The van der Waals surface area contributed by atoms with Gasteiger partial charge in [0.05, 0.1) is 12.1 Å². The molecule has 0 fully saturated rings. The molecule has 0 unspecified atom stereocenters. The number of hydrogen-bond donors (Lipinski definition) is 1. The Balaban J connectivity index is 2.23. The third-order valence-electron chi connectivity index (χ3n) is 2.92. The monoisotopic (exact) mass is 245 g/mol. The molecule has 1 aromatic carbocycles. The summed E-state index contributed by atoms with van der Waals surface area (Å²) >= 11 is 0. The molecule has 0 aliphatic carbocycles. The van der Waals surface area contributed by atoms with Gasteiger partial charge >= 0.3 is 0 Å². The Morgan fingerprint density at radius 2 is 2.11 bits per heavy atom. The number of ether oxygens (including phenoxy) is 1. The van der Waals surface area contributed by atoms with Crippen LogP contribution in [0.3, 0.4) is 0 Å². The first-order chi connectivity index (χ1) is 8.85. The molecule has 3 heteroatoms. The summed E-state index contributed by atoms with van der Waals surface area (Å²) < 4.78 is 5.58. The number of aryl methyl sites for hydroxylation is 1. The molecule has 3 nitrogen and oxygen atoms in total. The fraction of sp³-hybridized carbons (Fsp3) is 0.400. The van der Waals surface area contributed by atoms with Crippen molar-refractivity contribution in [3.63, 3.8) is 0 Å². The van der Waals surface area contributed by atoms with Crippen molar-refractivity contribution in [1.29, 1.82) is 0 Å². The van der Waals surface area contributed by atoms with Gasteiger partial charge in [-0.3, -0.25) is 4.98 Å². The molecular formula is C15H19NO2. The van der Waals surface area contributed by atoms with Crippen LogP contribution < -0.4 is 0 Å². The summed E-state index contributed by atoms with van der Waals surface area (Å²) in [4.78, 5) is 4.60. The van der Waals surface area contributed by atoms with Crippen molar-refractivity contribution in [2.24, 2.45) is 0 Å². The number of nitrogens with zero attached hydrogens (tertiary/aromatic N) is 1. The third kappa shape index (κ3) is 3.06. The third-order valence-corrected chi connectivity index (χ3v) is 2.92. The highest BCUT2D eigenvalue weighted by Crippen LogP contribution is 2.19. The molecule has 0 bridgehead atoms. The molecule has 1 heterocycles. The smallest absolute Gasteiger partial charge is 0.0724 e. The quantitative estimate of drug-likeness (QED) is 0.796. The molecule has 96 valence electrons. The largest absolute Gasteiger partial charge is 0.396 e. The van der Waals surface area contributed by atoms with E-state index in [4.69, 9.17) is 9.84 Å². The molecule has 0 aliphatic rings. The Hall–Kier alpha value is -1.45. The predicted octanol–water partition coefficient (Wildman–Crippen LogP) is 2.70. The number of aromatic nitrogens is 1. The van der Waals surface area contributed by atoms with Crippen molar-refractivity contribution < 1.29 is 9.84 Å². The minimum atomic E-state index is 0.178. The molecule has 0 aliphatic heterocycles. The molecule has 0 saturated heterocycles. The fourth-order valence-electron chi connectivity index (χ4n) is 1.96. The van der Waals surface area contributed by atoms with Gasteiger partial charge < -0.3 is 9.84 Å². The minimum Gasteiger partial charge on any atom is -0.396 e. The Labute approximate surface area is 107 Å². The van der Waals surface area contributed by atoms with E-state index in [1.165, 1.54) is 5.56 Å². The molecule has 0 amide bonds. The number of para-hydroxylation sites is 1. The van der Waals surface area contributed by atoms with E-state index in [-0.39, 0.29) is 6.61 Å². The Kier molecular flexibility index (Phi) is 4.67. The van der Waals surface area contributed by atoms with Crippen LogP contribution in [0, 0.1) is 0 Å². The number of aliphatic hydroxyl groups excluding tert-OH is 1. The van der Waals surface area contributed by atoms with Crippen LogP contribution in [0.1, 0.15) is 24.6 Å². The zero-order valence-electron chi connectivity index (χ0n) is 10.7. The molecule has 0 radical (unpaired) electrons. The van der Waals surface area contributed by atoms with Gasteiger partial charge in [0.25, 0.3) is 0 Å². The standard InChI is InChI=1S/C15H19NO2/c1-2-13-10-12(11-18-9-5-8-17)14-6-3-4-7-15(14)16-13/h3-4,6-7,10,17H,2,5,8-9,11H2,1H3. The zero-order chi connectivity index (χ0) is 12.8. The lowest BCUT2D eigenvalue weighted by atomic mass is 10.1. The first kappa shape index (κ1) is 13.0. The lowest BCUT2D eigenvalue weighted by molar-refractivity contribution is 0.105. The van der Waals surface area contributed by atoms with Crippen molar-refractivity contribution in [3.8, 4) is 0 Å². The van der Waals surface area contributed by atoms with E-state index >= 15 is 0 Å². The second-order valence-corrected chi connectivity index (χ2v) is 4.27. The Morgan fingerprint density at radius 3 is 2.89 bits per heavy atom. The maximum absolute atomic E-state index is 8.73. The Morgan fingerprint density at radius 1 is 1.28 bits per heavy atom. The molecule has 1 N–H and O–H groups in total. The van der Waals surface area contributed by atoms with Gasteiger partial charge in [0.1, 0.15) is 0 Å². The average Bonchev–Trinajstić information content (AvgIpc) is 2.43. The van der Waals surface area contributed by atoms with Crippen molar-refractivity contribution in [2.45, 2.75) is 26.4 Å². The molecule has 0 saturated carbocycles. The van der Waals surface area contributed by atoms with Crippen molar-refractivity contribution in [2.75, 3.05) is 13.2 Å². The molecule has 18 heavy (non-hydrogen) atoms. The maximum atomic E-state index is 8.73. The van der Waals surface area contributed by atoms with E-state index in [2.05, 4.69) is 24.0 Å². The summed E-state index contributed by atoms with van der Waals surface area (Å²) in [5.41, 5.74) is 3.29. The highest BCUT2D eigenvalue weighted by Gasteiger charge is 2.04. The Bertz CT molecular complexity index is 511. The van der Waals surface area contributed by atoms with Gasteiger partial charge in [0.15, 0.2) is 0 Å². The minimum absolute atomic E-state index is 0.178. The molecule has 2 rings (SSSR count). The van der Waals surface area contributed by atoms with Gasteiger partial charge in [0.2, 0.25) is 0 Å². The normalized spacial score (nSPS) is 11.0. The van der Waals surface area contributed by atoms with Crippen LogP contribution in [0.15, 0.2) is 30.3 Å². The topological polar surface area (TPSA) is 42.4 Å². The van der Waals surface area contributed by atoms with Crippen LogP contribution >= 0.6 is 0 Å². The first-order valence-electron chi connectivity index (χ1n) is 6.41. The van der Waals surface area contributed by atoms with Crippen LogP contribution in [0.4, 0.5) is 0 Å². The summed E-state index contributed by atoms with van der Waals surface area (Å²) in [7, 11) is 0. The first-order valence-corrected chi connectivity index (χ1v) is 6.41. The lowest BCUT2D eigenvalue weighted by Gasteiger charge is -2.09. The number of fused-ring (bicyclic) bond motifs is 1. The molecule has 2 aromatic rings. The summed E-state index contributed by atoms with van der Waals surface area (Å²) in [6, 6.07) is 10.2. The van der Waals surface area contributed by atoms with Gasteiger partial charge in [-0.2, -0.15) is 0 Å². The van der Waals surface area contributed by atoms with E-state index in [9.17, 15) is 0 Å². The molecule has 0 atom stereocenters. The highest BCUT2D eigenvalue weighted by atomic mass is 16.5. The maximum Gasteiger partial charge on any atom is 0.0724 e. The van der Waals surface area contributed by atoms with Gasteiger partial charge in [-0.05, 0) is 30.5 Å². The molecular weight excluding hydrogens is 226 g/mol. The lowest BCUT2D eigenvalue weighted by Crippen LogP contribution is -2.00. The summed E-state index contributed by atoms with van der Waals surface area (Å²) in [5, 5.41) is 9.88. The summed E-state index contributed by atoms with van der Waals surface area (Å²) in [6.07, 6.45) is 1.61. The summed E-state index contributed by atoms with van der Waals surface area (Å²) in [5.74, 6) is 0. The molecule has 0 spiro atoms. The second kappa shape index (κ2) is 6.47. The van der Waals surface area contributed by atoms with E-state index in [0.717, 1.165) is 23.0 Å². The van der Waals surface area contributed by atoms with Crippen LogP contribution in [0.2, 0.25) is 0 Å². The number of rotatable bonds is 6. The van der Waals surface area contributed by atoms with Crippen molar-refractivity contribution >= 4 is 10.9 Å². The van der Waals surface area contributed by atoms with E-state index in [1.54, 1.807) is 0 Å². The van der Waals surface area contributed by atoms with Crippen molar-refractivity contribution in [3.05, 3.63) is 41.6 Å². The van der Waals surface area contributed by atoms with Crippen LogP contribution in [-0.4, -0.2) is 23.3 Å². The van der Waals surface area contributed by atoms with Gasteiger partial charge in [0, 0.05) is 24.3 Å². The number of benzene rings is 1. The molecule has 1 aromatic heterocycles. The second-order valence-electron chi connectivity index (χ2n) is 4.27. The predicted molar refractivity (Wildman–Crippen MR) is 72.5 cm³/mol. The van der Waals surface area contributed by atoms with E-state index in [1.807, 2.05) is 18.2 Å². The van der Waals surface area contributed by atoms with Gasteiger partial charge in [-0.15, -0.1) is 0 Å². The van der Waals surface area contributed by atoms with E-state index in [0.29, 0.717) is 19.6 Å². The zero-order valence-corrected chi connectivity index (χ0v) is 10.7. The van der Waals surface area contributed by atoms with Gasteiger partial charge in [-0.25, -0.2) is 0 Å². The van der Waals surface area contributed by atoms with Crippen LogP contribution in [-0.2, 0) is 17.8 Å². The number of aliphatic hydroxyl groups is 1. The van der Waals surface area contributed by atoms with Gasteiger partial charge in [-0.1, -0.05) is 25.1 Å². The highest BCUT2D eigenvalue weighted by molar-refractivity contribution is 5.82. The van der Waals surface area contributed by atoms with Crippen molar-refractivity contribution in [1.82, 2.24) is 4.98 Å². The number of hydrogen-bond acceptors (Lipinski definition) is 3. The van der Waals surface area contributed by atoms with Crippen LogP contribution in [0.5, 0.6) is 0 Å². The number of pyridine rings is 1.